The Hall–Kier alpha value is -3.17. The van der Waals surface area contributed by atoms with Crippen LogP contribution in [0.15, 0.2) is 55.5 Å². The standard InChI is InChI=1S/C24H19BrN2O5S/c1-4-31-17-7-5-13(9-18(17)30-3)20-19-21(28)15-10-14(25)6-8-16(15)32-22(19)23(29)27(20)24-26-12(2)11-33-24/h5-11,20H,4H2,1-3H3/t20-/m0/s1. The molecule has 33 heavy (non-hydrogen) atoms. The second-order valence-corrected chi connectivity index (χ2v) is 9.26. The molecule has 168 valence electrons. The van der Waals surface area contributed by atoms with Gasteiger partial charge in [-0.15, -0.1) is 11.3 Å². The maximum Gasteiger partial charge on any atom is 0.297 e. The second kappa shape index (κ2) is 8.31. The smallest absolute Gasteiger partial charge is 0.297 e. The van der Waals surface area contributed by atoms with Crippen molar-refractivity contribution in [2.24, 2.45) is 0 Å². The van der Waals surface area contributed by atoms with E-state index in [0.717, 1.165) is 10.2 Å². The predicted octanol–water partition coefficient (Wildman–Crippen LogP) is 5.48. The van der Waals surface area contributed by atoms with Crippen molar-refractivity contribution in [2.75, 3.05) is 18.6 Å². The van der Waals surface area contributed by atoms with Crippen LogP contribution in [-0.4, -0.2) is 24.6 Å². The number of hydrogen-bond donors (Lipinski definition) is 0. The summed E-state index contributed by atoms with van der Waals surface area (Å²) in [6.45, 7) is 4.23. The number of fused-ring (bicyclic) bond motifs is 2. The first-order valence-electron chi connectivity index (χ1n) is 10.3. The van der Waals surface area contributed by atoms with Crippen molar-refractivity contribution < 1.29 is 18.7 Å². The minimum Gasteiger partial charge on any atom is -0.493 e. The largest absolute Gasteiger partial charge is 0.493 e. The van der Waals surface area contributed by atoms with Gasteiger partial charge in [-0.25, -0.2) is 4.98 Å². The van der Waals surface area contributed by atoms with Crippen LogP contribution >= 0.6 is 27.3 Å². The summed E-state index contributed by atoms with van der Waals surface area (Å²) in [6.07, 6.45) is 0. The molecule has 4 aromatic rings. The Morgan fingerprint density at radius 1 is 1.18 bits per heavy atom. The number of benzene rings is 2. The van der Waals surface area contributed by atoms with Crippen LogP contribution in [0.1, 0.15) is 40.3 Å². The molecule has 0 saturated heterocycles. The Kier molecular flexibility index (Phi) is 5.46. The van der Waals surface area contributed by atoms with E-state index in [0.29, 0.717) is 39.8 Å². The van der Waals surface area contributed by atoms with Gasteiger partial charge in [-0.1, -0.05) is 22.0 Å². The van der Waals surface area contributed by atoms with Crippen LogP contribution in [0.2, 0.25) is 0 Å². The summed E-state index contributed by atoms with van der Waals surface area (Å²) in [5.41, 5.74) is 1.86. The second-order valence-electron chi connectivity index (χ2n) is 7.51. The van der Waals surface area contributed by atoms with Gasteiger partial charge in [0.15, 0.2) is 22.1 Å². The van der Waals surface area contributed by atoms with Crippen LogP contribution in [0.4, 0.5) is 5.13 Å². The van der Waals surface area contributed by atoms with E-state index in [1.807, 2.05) is 25.3 Å². The molecule has 0 aliphatic carbocycles. The number of methoxy groups -OCH3 is 1. The minimum absolute atomic E-state index is 0.0283. The maximum absolute atomic E-state index is 13.7. The highest BCUT2D eigenvalue weighted by molar-refractivity contribution is 9.10. The van der Waals surface area contributed by atoms with Gasteiger partial charge in [-0.2, -0.15) is 0 Å². The fourth-order valence-electron chi connectivity index (χ4n) is 4.04. The molecule has 0 unspecified atom stereocenters. The monoisotopic (exact) mass is 526 g/mol. The number of hydrogen-bond acceptors (Lipinski definition) is 7. The molecule has 0 radical (unpaired) electrons. The lowest BCUT2D eigenvalue weighted by molar-refractivity contribution is 0.0971. The van der Waals surface area contributed by atoms with Crippen molar-refractivity contribution in [2.45, 2.75) is 19.9 Å². The van der Waals surface area contributed by atoms with Crippen LogP contribution in [0, 0.1) is 6.92 Å². The molecule has 0 N–H and O–H groups in total. The molecule has 5 rings (SSSR count). The Labute approximate surface area is 201 Å². The van der Waals surface area contributed by atoms with Gasteiger partial charge in [0.25, 0.3) is 5.91 Å². The molecule has 7 nitrogen and oxygen atoms in total. The zero-order valence-corrected chi connectivity index (χ0v) is 20.5. The van der Waals surface area contributed by atoms with Crippen LogP contribution in [0.5, 0.6) is 11.5 Å². The van der Waals surface area contributed by atoms with E-state index in [1.165, 1.54) is 16.2 Å². The molecule has 1 aliphatic heterocycles. The van der Waals surface area contributed by atoms with Crippen molar-refractivity contribution in [1.82, 2.24) is 4.98 Å². The number of aromatic nitrogens is 1. The van der Waals surface area contributed by atoms with E-state index in [-0.39, 0.29) is 16.8 Å². The number of aryl methyl sites for hydroxylation is 1. The fraction of sp³-hybridized carbons (Fsp3) is 0.208. The number of carbonyl (C=O) groups is 1. The van der Waals surface area contributed by atoms with Crippen LogP contribution in [0.3, 0.4) is 0 Å². The van der Waals surface area contributed by atoms with E-state index < -0.39 is 11.9 Å². The molecule has 1 aliphatic rings. The lowest BCUT2D eigenvalue weighted by Crippen LogP contribution is -2.29. The fourth-order valence-corrected chi connectivity index (χ4v) is 5.23. The number of carbonyl (C=O) groups excluding carboxylic acids is 1. The highest BCUT2D eigenvalue weighted by atomic mass is 79.9. The first-order valence-corrected chi connectivity index (χ1v) is 11.9. The molecule has 0 fully saturated rings. The number of amides is 1. The normalized spacial score (nSPS) is 15.2. The maximum atomic E-state index is 13.7. The van der Waals surface area contributed by atoms with Crippen LogP contribution < -0.4 is 19.8 Å². The van der Waals surface area contributed by atoms with E-state index >= 15 is 0 Å². The number of ether oxygens (including phenoxy) is 2. The number of nitrogens with zero attached hydrogens (tertiary/aromatic N) is 2. The first-order chi connectivity index (χ1) is 15.9. The van der Waals surface area contributed by atoms with Gasteiger partial charge >= 0.3 is 0 Å². The highest BCUT2D eigenvalue weighted by Gasteiger charge is 2.45. The summed E-state index contributed by atoms with van der Waals surface area (Å²) in [7, 11) is 1.55. The summed E-state index contributed by atoms with van der Waals surface area (Å²) in [5.74, 6) is 0.720. The molecular weight excluding hydrogens is 508 g/mol. The summed E-state index contributed by atoms with van der Waals surface area (Å²) in [5, 5.41) is 2.76. The lowest BCUT2D eigenvalue weighted by Gasteiger charge is -2.23. The van der Waals surface area contributed by atoms with Crippen molar-refractivity contribution in [1.29, 1.82) is 0 Å². The number of rotatable bonds is 5. The van der Waals surface area contributed by atoms with Crippen molar-refractivity contribution >= 4 is 49.3 Å². The van der Waals surface area contributed by atoms with Gasteiger partial charge in [0, 0.05) is 9.85 Å². The quantitative estimate of drug-likeness (QED) is 0.342. The molecule has 1 atom stereocenters. The number of halogens is 1. The van der Waals surface area contributed by atoms with Gasteiger partial charge in [-0.3, -0.25) is 14.5 Å². The Morgan fingerprint density at radius 2 is 2.00 bits per heavy atom. The topological polar surface area (TPSA) is 81.9 Å². The van der Waals surface area contributed by atoms with Crippen LogP contribution in [0.25, 0.3) is 11.0 Å². The number of thiazole rings is 1. The van der Waals surface area contributed by atoms with Crippen molar-refractivity contribution in [3.63, 3.8) is 0 Å². The van der Waals surface area contributed by atoms with Gasteiger partial charge in [0.2, 0.25) is 5.76 Å². The molecular formula is C24H19BrN2O5S. The summed E-state index contributed by atoms with van der Waals surface area (Å²) >= 11 is 4.76. The SMILES string of the molecule is CCOc1ccc([C@H]2c3c(oc4ccc(Br)cc4c3=O)C(=O)N2c2nc(C)cs2)cc1OC. The molecule has 0 saturated carbocycles. The van der Waals surface area contributed by atoms with Crippen molar-refractivity contribution in [3.05, 3.63) is 79.1 Å². The summed E-state index contributed by atoms with van der Waals surface area (Å²) in [6, 6.07) is 9.84. The zero-order valence-electron chi connectivity index (χ0n) is 18.0. The lowest BCUT2D eigenvalue weighted by atomic mass is 9.98. The Balaban J connectivity index is 1.79. The first kappa shape index (κ1) is 21.7. The van der Waals surface area contributed by atoms with E-state index in [1.54, 1.807) is 37.4 Å². The third-order valence-electron chi connectivity index (χ3n) is 5.45. The van der Waals surface area contributed by atoms with Gasteiger partial charge in [0.1, 0.15) is 5.58 Å². The Morgan fingerprint density at radius 3 is 2.70 bits per heavy atom. The zero-order chi connectivity index (χ0) is 23.3. The van der Waals surface area contributed by atoms with Crippen LogP contribution in [-0.2, 0) is 0 Å². The van der Waals surface area contributed by atoms with E-state index in [4.69, 9.17) is 13.9 Å². The summed E-state index contributed by atoms with van der Waals surface area (Å²) in [4.78, 5) is 33.3. The number of anilines is 1. The molecule has 2 aromatic carbocycles. The molecule has 1 amide bonds. The summed E-state index contributed by atoms with van der Waals surface area (Å²) < 4.78 is 17.9. The highest BCUT2D eigenvalue weighted by Crippen LogP contribution is 2.44. The van der Waals surface area contributed by atoms with E-state index in [9.17, 15) is 9.59 Å². The van der Waals surface area contributed by atoms with Gasteiger partial charge in [-0.05, 0) is 49.7 Å². The third kappa shape index (κ3) is 3.52. The molecule has 0 spiro atoms. The van der Waals surface area contributed by atoms with Crippen molar-refractivity contribution in [3.8, 4) is 11.5 Å². The van der Waals surface area contributed by atoms with Gasteiger partial charge in [0.05, 0.1) is 36.4 Å². The average Bonchev–Trinajstić information content (AvgIpc) is 3.36. The Bertz CT molecular complexity index is 1460. The molecule has 2 aromatic heterocycles. The molecule has 3 heterocycles. The third-order valence-corrected chi connectivity index (χ3v) is 6.90. The average molecular weight is 527 g/mol. The van der Waals surface area contributed by atoms with E-state index in [2.05, 4.69) is 20.9 Å². The van der Waals surface area contributed by atoms with Gasteiger partial charge < -0.3 is 13.9 Å². The molecule has 0 bridgehead atoms. The molecule has 9 heteroatoms. The minimum atomic E-state index is -0.720. The predicted molar refractivity (Wildman–Crippen MR) is 130 cm³/mol.